The highest BCUT2D eigenvalue weighted by Crippen LogP contribution is 2.31. The molecule has 1 heterocycles. The van der Waals surface area contributed by atoms with E-state index in [4.69, 9.17) is 44.7 Å². The number of aromatic nitrogens is 1. The Morgan fingerprint density at radius 3 is 2.10 bits per heavy atom. The summed E-state index contributed by atoms with van der Waals surface area (Å²) in [4.78, 5) is 24.6. The SMILES string of the molecule is O=C(CNCc1c(Cl)ccc(Cl)c1Cl)NCc1ccncc1.O=C(O)C(F)(F)F. The average Bonchev–Trinajstić information content (AvgIpc) is 2.66. The van der Waals surface area contributed by atoms with E-state index in [-0.39, 0.29) is 12.5 Å². The predicted molar refractivity (Wildman–Crippen MR) is 103 cm³/mol. The second kappa shape index (κ2) is 11.8. The predicted octanol–water partition coefficient (Wildman–Crippen LogP) is 4.08. The van der Waals surface area contributed by atoms with Gasteiger partial charge in [-0.15, -0.1) is 0 Å². The third-order valence-electron chi connectivity index (χ3n) is 3.21. The number of carboxylic acid groups (broad SMARTS) is 1. The zero-order valence-electron chi connectivity index (χ0n) is 14.6. The van der Waals surface area contributed by atoms with Gasteiger partial charge in [0.1, 0.15) is 0 Å². The van der Waals surface area contributed by atoms with Crippen molar-refractivity contribution in [1.29, 1.82) is 0 Å². The van der Waals surface area contributed by atoms with E-state index >= 15 is 0 Å². The topological polar surface area (TPSA) is 91.3 Å². The Morgan fingerprint density at radius 2 is 1.55 bits per heavy atom. The van der Waals surface area contributed by atoms with Crippen LogP contribution in [0.15, 0.2) is 36.7 Å². The maximum atomic E-state index is 11.8. The van der Waals surface area contributed by atoms with Gasteiger partial charge < -0.3 is 15.7 Å². The van der Waals surface area contributed by atoms with Gasteiger partial charge in [-0.25, -0.2) is 4.79 Å². The average molecular weight is 473 g/mol. The van der Waals surface area contributed by atoms with Crippen LogP contribution in [0.25, 0.3) is 0 Å². The number of halogens is 6. The monoisotopic (exact) mass is 471 g/mol. The molecule has 0 aliphatic heterocycles. The molecule has 6 nitrogen and oxygen atoms in total. The first-order valence-electron chi connectivity index (χ1n) is 7.81. The highest BCUT2D eigenvalue weighted by atomic mass is 35.5. The lowest BCUT2D eigenvalue weighted by atomic mass is 10.2. The zero-order valence-corrected chi connectivity index (χ0v) is 16.8. The third-order valence-corrected chi connectivity index (χ3v) is 4.41. The van der Waals surface area contributed by atoms with Gasteiger partial charge >= 0.3 is 12.1 Å². The molecule has 0 fully saturated rings. The molecular formula is C17H15Cl3F3N3O3. The van der Waals surface area contributed by atoms with Crippen LogP contribution in [0, 0.1) is 0 Å². The van der Waals surface area contributed by atoms with E-state index in [0.29, 0.717) is 33.7 Å². The summed E-state index contributed by atoms with van der Waals surface area (Å²) in [7, 11) is 0. The molecular weight excluding hydrogens is 458 g/mol. The second-order valence-corrected chi connectivity index (χ2v) is 6.55. The normalized spacial score (nSPS) is 10.7. The first kappa shape index (κ1) is 25.0. The number of amides is 1. The largest absolute Gasteiger partial charge is 0.490 e. The van der Waals surface area contributed by atoms with E-state index in [9.17, 15) is 18.0 Å². The van der Waals surface area contributed by atoms with Gasteiger partial charge in [0.25, 0.3) is 0 Å². The van der Waals surface area contributed by atoms with Crippen molar-refractivity contribution < 1.29 is 27.9 Å². The number of alkyl halides is 3. The van der Waals surface area contributed by atoms with Crippen LogP contribution in [-0.4, -0.2) is 34.7 Å². The quantitative estimate of drug-likeness (QED) is 0.551. The second-order valence-electron chi connectivity index (χ2n) is 5.36. The first-order valence-corrected chi connectivity index (χ1v) is 8.94. The van der Waals surface area contributed by atoms with Crippen molar-refractivity contribution in [3.63, 3.8) is 0 Å². The number of carbonyl (C=O) groups excluding carboxylic acids is 1. The Kier molecular flexibility index (Phi) is 10.2. The fourth-order valence-corrected chi connectivity index (χ4v) is 2.48. The van der Waals surface area contributed by atoms with Gasteiger partial charge in [0.15, 0.2) is 0 Å². The van der Waals surface area contributed by atoms with Crippen molar-refractivity contribution in [3.05, 3.63) is 62.9 Å². The van der Waals surface area contributed by atoms with Gasteiger partial charge in [0.2, 0.25) is 5.91 Å². The molecule has 0 bridgehead atoms. The van der Waals surface area contributed by atoms with Crippen LogP contribution < -0.4 is 10.6 Å². The molecule has 0 saturated carbocycles. The van der Waals surface area contributed by atoms with E-state index in [1.807, 2.05) is 12.1 Å². The Hall–Kier alpha value is -2.07. The number of hydrogen-bond donors (Lipinski definition) is 3. The Labute approximate surface area is 179 Å². The standard InChI is InChI=1S/C15H14Cl3N3O.C2HF3O2/c16-12-1-2-13(17)15(18)11(12)8-20-9-14(22)21-7-10-3-5-19-6-4-10;3-2(4,5)1(6)7/h1-6,20H,7-9H2,(H,21,22);(H,6,7). The van der Waals surface area contributed by atoms with E-state index in [0.717, 1.165) is 5.56 Å². The highest BCUT2D eigenvalue weighted by Gasteiger charge is 2.38. The van der Waals surface area contributed by atoms with Crippen molar-refractivity contribution in [2.75, 3.05) is 6.54 Å². The molecule has 12 heteroatoms. The number of nitrogens with zero attached hydrogens (tertiary/aromatic N) is 1. The number of nitrogens with one attached hydrogen (secondary N) is 2. The number of rotatable bonds is 6. The molecule has 0 atom stereocenters. The molecule has 158 valence electrons. The van der Waals surface area contributed by atoms with Crippen molar-refractivity contribution in [1.82, 2.24) is 15.6 Å². The minimum atomic E-state index is -5.08. The van der Waals surface area contributed by atoms with Gasteiger partial charge in [0.05, 0.1) is 16.6 Å². The van der Waals surface area contributed by atoms with Crippen molar-refractivity contribution >= 4 is 46.7 Å². The molecule has 0 aliphatic carbocycles. The summed E-state index contributed by atoms with van der Waals surface area (Å²) in [5.41, 5.74) is 1.67. The third kappa shape index (κ3) is 9.31. The van der Waals surface area contributed by atoms with Gasteiger partial charge in [-0.1, -0.05) is 34.8 Å². The van der Waals surface area contributed by atoms with Crippen LogP contribution >= 0.6 is 34.8 Å². The zero-order chi connectivity index (χ0) is 22.0. The number of carbonyl (C=O) groups is 2. The molecule has 2 aromatic rings. The number of carboxylic acids is 1. The van der Waals surface area contributed by atoms with Crippen molar-refractivity contribution in [2.45, 2.75) is 19.3 Å². The smallest absolute Gasteiger partial charge is 0.475 e. The number of aliphatic carboxylic acids is 1. The van der Waals surface area contributed by atoms with Crippen LogP contribution in [0.1, 0.15) is 11.1 Å². The maximum absolute atomic E-state index is 11.8. The van der Waals surface area contributed by atoms with E-state index in [1.165, 1.54) is 0 Å². The summed E-state index contributed by atoms with van der Waals surface area (Å²) in [5.74, 6) is -2.88. The molecule has 3 N–H and O–H groups in total. The first-order chi connectivity index (χ1) is 13.5. The van der Waals surface area contributed by atoms with Gasteiger partial charge in [-0.2, -0.15) is 13.2 Å². The number of hydrogen-bond acceptors (Lipinski definition) is 4. The van der Waals surface area contributed by atoms with Crippen LogP contribution in [0.5, 0.6) is 0 Å². The number of pyridine rings is 1. The fourth-order valence-electron chi connectivity index (χ4n) is 1.80. The summed E-state index contributed by atoms with van der Waals surface area (Å²) in [6, 6.07) is 7.01. The van der Waals surface area contributed by atoms with Gasteiger partial charge in [-0.05, 0) is 29.8 Å². The fraction of sp³-hybridized carbons (Fsp3) is 0.235. The maximum Gasteiger partial charge on any atom is 0.490 e. The molecule has 0 radical (unpaired) electrons. The lowest BCUT2D eigenvalue weighted by Crippen LogP contribution is -2.33. The van der Waals surface area contributed by atoms with E-state index in [2.05, 4.69) is 15.6 Å². The lowest BCUT2D eigenvalue weighted by molar-refractivity contribution is -0.192. The molecule has 1 amide bonds. The lowest BCUT2D eigenvalue weighted by Gasteiger charge is -2.10. The van der Waals surface area contributed by atoms with E-state index < -0.39 is 12.1 Å². The highest BCUT2D eigenvalue weighted by molar-refractivity contribution is 6.44. The van der Waals surface area contributed by atoms with Crippen LogP contribution in [0.2, 0.25) is 15.1 Å². The van der Waals surface area contributed by atoms with Gasteiger partial charge in [0, 0.05) is 36.1 Å². The molecule has 1 aromatic heterocycles. The van der Waals surface area contributed by atoms with Crippen LogP contribution in [-0.2, 0) is 22.7 Å². The molecule has 0 spiro atoms. The summed E-state index contributed by atoms with van der Waals surface area (Å²) in [5, 5.41) is 14.3. The van der Waals surface area contributed by atoms with Crippen LogP contribution in [0.3, 0.4) is 0 Å². The Morgan fingerprint density at radius 1 is 1.00 bits per heavy atom. The number of benzene rings is 1. The summed E-state index contributed by atoms with van der Waals surface area (Å²) < 4.78 is 31.7. The summed E-state index contributed by atoms with van der Waals surface area (Å²) in [6.45, 7) is 0.979. The minimum absolute atomic E-state index is 0.119. The van der Waals surface area contributed by atoms with Crippen molar-refractivity contribution in [2.24, 2.45) is 0 Å². The van der Waals surface area contributed by atoms with Gasteiger partial charge in [-0.3, -0.25) is 9.78 Å². The molecule has 2 rings (SSSR count). The summed E-state index contributed by atoms with van der Waals surface area (Å²) in [6.07, 6.45) is -1.72. The molecule has 0 aliphatic rings. The molecule has 0 saturated heterocycles. The Bertz CT molecular complexity index is 837. The summed E-state index contributed by atoms with van der Waals surface area (Å²) >= 11 is 18.1. The molecule has 29 heavy (non-hydrogen) atoms. The minimum Gasteiger partial charge on any atom is -0.475 e. The Balaban J connectivity index is 0.000000516. The van der Waals surface area contributed by atoms with E-state index in [1.54, 1.807) is 24.5 Å². The molecule has 0 unspecified atom stereocenters. The van der Waals surface area contributed by atoms with Crippen LogP contribution in [0.4, 0.5) is 13.2 Å². The van der Waals surface area contributed by atoms with Crippen molar-refractivity contribution in [3.8, 4) is 0 Å². The molecule has 1 aromatic carbocycles.